The molecule has 0 aromatic heterocycles. The Balaban J connectivity index is 1.37. The second-order valence-corrected chi connectivity index (χ2v) is 8.58. The number of piperidine rings is 1. The van der Waals surface area contributed by atoms with Gasteiger partial charge in [0.05, 0.1) is 11.5 Å². The van der Waals surface area contributed by atoms with E-state index in [4.69, 9.17) is 4.74 Å². The topological polar surface area (TPSA) is 110 Å². The number of nitro benzene ring substituents is 1. The van der Waals surface area contributed by atoms with E-state index in [0.29, 0.717) is 16.5 Å². The third-order valence-corrected chi connectivity index (χ3v) is 6.53. The zero-order valence-corrected chi connectivity index (χ0v) is 18.9. The maximum Gasteiger partial charge on any atom is 0.345 e. The average Bonchev–Trinajstić information content (AvgIpc) is 2.89. The highest BCUT2D eigenvalue weighted by Gasteiger charge is 2.34. The van der Waals surface area contributed by atoms with Crippen molar-refractivity contribution in [3.63, 3.8) is 0 Å². The zero-order valence-electron chi connectivity index (χ0n) is 18.9. The first-order valence-electron chi connectivity index (χ1n) is 11.5. The quantitative estimate of drug-likeness (QED) is 0.228. The fraction of sp³-hybridized carbons (Fsp3) is 0.269. The van der Waals surface area contributed by atoms with Crippen molar-refractivity contribution in [3.05, 3.63) is 81.4 Å². The van der Waals surface area contributed by atoms with Crippen molar-refractivity contribution in [2.24, 2.45) is 0 Å². The molecule has 2 aliphatic rings. The predicted octanol–water partition coefficient (Wildman–Crippen LogP) is 4.19. The van der Waals surface area contributed by atoms with Crippen LogP contribution in [0.2, 0.25) is 0 Å². The minimum Gasteiger partial charge on any atom is -0.460 e. The average molecular weight is 473 g/mol. The molecule has 9 nitrogen and oxygen atoms in total. The SMILES string of the molecule is O=C(OCCN1C(=O)c2cccc3c(N4CCCCC4)ccc(c23)C1=O)c1ccccc1[N+](=O)[O-]. The molecule has 2 amide bonds. The molecular weight excluding hydrogens is 450 g/mol. The molecule has 0 unspecified atom stereocenters. The molecule has 0 radical (unpaired) electrons. The van der Waals surface area contributed by atoms with Gasteiger partial charge >= 0.3 is 5.97 Å². The summed E-state index contributed by atoms with van der Waals surface area (Å²) in [6, 6.07) is 14.6. The fourth-order valence-corrected chi connectivity index (χ4v) is 4.86. The van der Waals surface area contributed by atoms with Gasteiger partial charge in [-0.05, 0) is 43.5 Å². The molecule has 9 heteroatoms. The summed E-state index contributed by atoms with van der Waals surface area (Å²) in [4.78, 5) is 52.8. The summed E-state index contributed by atoms with van der Waals surface area (Å²) in [6.45, 7) is 1.45. The lowest BCUT2D eigenvalue weighted by Crippen LogP contribution is -2.42. The van der Waals surface area contributed by atoms with Crippen LogP contribution in [0.15, 0.2) is 54.6 Å². The van der Waals surface area contributed by atoms with Crippen LogP contribution in [-0.2, 0) is 4.74 Å². The Bertz CT molecular complexity index is 1340. The summed E-state index contributed by atoms with van der Waals surface area (Å²) in [5, 5.41) is 12.7. The van der Waals surface area contributed by atoms with E-state index >= 15 is 0 Å². The Hall–Kier alpha value is -4.27. The highest BCUT2D eigenvalue weighted by molar-refractivity contribution is 6.26. The third kappa shape index (κ3) is 3.99. The number of rotatable bonds is 6. The number of benzene rings is 3. The van der Waals surface area contributed by atoms with Crippen molar-refractivity contribution < 1.29 is 24.0 Å². The van der Waals surface area contributed by atoms with Crippen LogP contribution in [0.3, 0.4) is 0 Å². The van der Waals surface area contributed by atoms with Crippen molar-refractivity contribution in [1.29, 1.82) is 0 Å². The van der Waals surface area contributed by atoms with E-state index in [2.05, 4.69) is 4.90 Å². The summed E-state index contributed by atoms with van der Waals surface area (Å²) in [6.07, 6.45) is 3.42. The molecule has 0 N–H and O–H groups in total. The number of hydrogen-bond donors (Lipinski definition) is 0. The van der Waals surface area contributed by atoms with Crippen LogP contribution in [0.4, 0.5) is 11.4 Å². The Morgan fingerprint density at radius 3 is 2.37 bits per heavy atom. The van der Waals surface area contributed by atoms with Crippen molar-refractivity contribution in [3.8, 4) is 0 Å². The molecule has 2 aliphatic heterocycles. The third-order valence-electron chi connectivity index (χ3n) is 6.53. The lowest BCUT2D eigenvalue weighted by Gasteiger charge is -2.32. The lowest BCUT2D eigenvalue weighted by molar-refractivity contribution is -0.385. The van der Waals surface area contributed by atoms with Crippen molar-refractivity contribution in [1.82, 2.24) is 4.90 Å². The highest BCUT2D eigenvalue weighted by Crippen LogP contribution is 2.36. The fourth-order valence-electron chi connectivity index (χ4n) is 4.86. The molecule has 0 aliphatic carbocycles. The van der Waals surface area contributed by atoms with Gasteiger partial charge in [0.1, 0.15) is 12.2 Å². The first kappa shape index (κ1) is 22.5. The number of nitrogens with zero attached hydrogens (tertiary/aromatic N) is 3. The number of carbonyl (C=O) groups is 3. The zero-order chi connectivity index (χ0) is 24.5. The van der Waals surface area contributed by atoms with Gasteiger partial charge in [-0.25, -0.2) is 4.79 Å². The number of para-hydroxylation sites is 1. The Kier molecular flexibility index (Phi) is 5.90. The molecular formula is C26H23N3O6. The van der Waals surface area contributed by atoms with Crippen LogP contribution < -0.4 is 4.90 Å². The van der Waals surface area contributed by atoms with Gasteiger partial charge in [-0.1, -0.05) is 24.3 Å². The van der Waals surface area contributed by atoms with E-state index in [9.17, 15) is 24.5 Å². The summed E-state index contributed by atoms with van der Waals surface area (Å²) < 4.78 is 5.18. The molecule has 5 rings (SSSR count). The Morgan fingerprint density at radius 2 is 1.63 bits per heavy atom. The molecule has 178 valence electrons. The van der Waals surface area contributed by atoms with Crippen molar-refractivity contribution in [2.75, 3.05) is 31.1 Å². The van der Waals surface area contributed by atoms with Gasteiger partial charge < -0.3 is 9.64 Å². The summed E-state index contributed by atoms with van der Waals surface area (Å²) in [7, 11) is 0. The molecule has 0 spiro atoms. The Morgan fingerprint density at radius 1 is 0.914 bits per heavy atom. The van der Waals surface area contributed by atoms with Gasteiger partial charge in [0.25, 0.3) is 17.5 Å². The monoisotopic (exact) mass is 473 g/mol. The first-order chi connectivity index (χ1) is 17.0. The van der Waals surface area contributed by atoms with Gasteiger partial charge in [-0.3, -0.25) is 24.6 Å². The highest BCUT2D eigenvalue weighted by atomic mass is 16.6. The minimum absolute atomic E-state index is 0.159. The second-order valence-electron chi connectivity index (χ2n) is 8.58. The smallest absolute Gasteiger partial charge is 0.345 e. The number of amides is 2. The molecule has 35 heavy (non-hydrogen) atoms. The van der Waals surface area contributed by atoms with E-state index < -0.39 is 22.7 Å². The maximum absolute atomic E-state index is 13.3. The minimum atomic E-state index is -0.886. The molecule has 3 aromatic rings. The molecule has 1 fully saturated rings. The molecule has 2 heterocycles. The summed E-state index contributed by atoms with van der Waals surface area (Å²) in [5.41, 5.74) is 1.33. The van der Waals surface area contributed by atoms with E-state index in [1.165, 1.54) is 30.7 Å². The number of anilines is 1. The number of imide groups is 1. The predicted molar refractivity (Wildman–Crippen MR) is 129 cm³/mol. The summed E-state index contributed by atoms with van der Waals surface area (Å²) >= 11 is 0. The van der Waals surface area contributed by atoms with Gasteiger partial charge in [0, 0.05) is 46.7 Å². The van der Waals surface area contributed by atoms with Crippen LogP contribution in [0.25, 0.3) is 10.8 Å². The van der Waals surface area contributed by atoms with Crippen LogP contribution >= 0.6 is 0 Å². The van der Waals surface area contributed by atoms with E-state index in [0.717, 1.165) is 41.9 Å². The van der Waals surface area contributed by atoms with Gasteiger partial charge in [-0.2, -0.15) is 0 Å². The molecule has 3 aromatic carbocycles. The molecule has 0 bridgehead atoms. The van der Waals surface area contributed by atoms with Gasteiger partial charge in [-0.15, -0.1) is 0 Å². The van der Waals surface area contributed by atoms with Crippen molar-refractivity contribution in [2.45, 2.75) is 19.3 Å². The normalized spacial score (nSPS) is 15.4. The molecule has 0 atom stereocenters. The van der Waals surface area contributed by atoms with E-state index in [1.807, 2.05) is 18.2 Å². The van der Waals surface area contributed by atoms with E-state index in [1.54, 1.807) is 12.1 Å². The first-order valence-corrected chi connectivity index (χ1v) is 11.5. The number of esters is 1. The second kappa shape index (κ2) is 9.17. The Labute approximate surface area is 201 Å². The number of nitro groups is 1. The van der Waals surface area contributed by atoms with Crippen molar-refractivity contribution >= 4 is 39.9 Å². The van der Waals surface area contributed by atoms with Crippen LogP contribution in [0, 0.1) is 10.1 Å². The van der Waals surface area contributed by atoms with E-state index in [-0.39, 0.29) is 24.4 Å². The van der Waals surface area contributed by atoms with Crippen LogP contribution in [0.5, 0.6) is 0 Å². The molecule has 0 saturated carbocycles. The number of hydrogen-bond acceptors (Lipinski definition) is 7. The maximum atomic E-state index is 13.3. The number of carbonyl (C=O) groups excluding carboxylic acids is 3. The standard InChI is InChI=1S/C26H23N3O6/c30-24-19-9-6-8-17-21(27-13-4-1-5-14-27)12-11-20(23(17)19)25(31)28(24)15-16-35-26(32)18-7-2-3-10-22(18)29(33)34/h2-3,6-12H,1,4-5,13-16H2. The largest absolute Gasteiger partial charge is 0.460 e. The van der Waals surface area contributed by atoms with Gasteiger partial charge in [0.2, 0.25) is 0 Å². The van der Waals surface area contributed by atoms with Gasteiger partial charge in [0.15, 0.2) is 0 Å². The molecule has 1 saturated heterocycles. The lowest BCUT2D eigenvalue weighted by atomic mass is 9.92. The number of ether oxygens (including phenoxy) is 1. The summed E-state index contributed by atoms with van der Waals surface area (Å²) in [5.74, 6) is -1.79. The van der Waals surface area contributed by atoms with Crippen LogP contribution in [-0.4, -0.2) is 53.8 Å². The van der Waals surface area contributed by atoms with Crippen LogP contribution in [0.1, 0.15) is 50.3 Å².